The van der Waals surface area contributed by atoms with Gasteiger partial charge in [-0.2, -0.15) is 26.3 Å². The van der Waals surface area contributed by atoms with Crippen LogP contribution in [0.5, 0.6) is 0 Å². The fourth-order valence-electron chi connectivity index (χ4n) is 5.35. The average molecular weight is 672 g/mol. The van der Waals surface area contributed by atoms with Gasteiger partial charge in [0.2, 0.25) is 11.8 Å². The Kier molecular flexibility index (Phi) is 9.20. The summed E-state index contributed by atoms with van der Waals surface area (Å²) in [5, 5.41) is 31.6. The van der Waals surface area contributed by atoms with Crippen LogP contribution in [0, 0.1) is 5.82 Å². The van der Waals surface area contributed by atoms with Crippen molar-refractivity contribution in [2.75, 3.05) is 30.5 Å². The number of β-amino-alcohol motifs (C(OH)–C–C–N with tert-alkyl or cyclic N) is 1. The molecule has 2 heterocycles. The Morgan fingerprint density at radius 3 is 2.20 bits per heavy atom. The fraction of sp³-hybridized carbons (Fsp3) is 0.481. The van der Waals surface area contributed by atoms with E-state index in [2.05, 4.69) is 5.32 Å². The van der Waals surface area contributed by atoms with Gasteiger partial charge in [0.05, 0.1) is 36.3 Å². The minimum atomic E-state index is -6.18. The number of hydrogen-bond donors (Lipinski definition) is 4. The van der Waals surface area contributed by atoms with Crippen LogP contribution in [-0.4, -0.2) is 90.7 Å². The number of carbonyl (C=O) groups is 2. The van der Waals surface area contributed by atoms with Gasteiger partial charge in [0.25, 0.3) is 15.6 Å². The Morgan fingerprint density at radius 1 is 1.02 bits per heavy atom. The Balaban J connectivity index is 1.65. The van der Waals surface area contributed by atoms with Crippen molar-refractivity contribution in [1.29, 1.82) is 0 Å². The molecule has 45 heavy (non-hydrogen) atoms. The van der Waals surface area contributed by atoms with Crippen LogP contribution in [0.1, 0.15) is 30.4 Å². The molecule has 1 fully saturated rings. The highest BCUT2D eigenvalue weighted by atomic mass is 32.2. The third-order valence-corrected chi connectivity index (χ3v) is 9.72. The molecule has 18 heteroatoms. The highest BCUT2D eigenvalue weighted by molar-refractivity contribution is 7.92. The molecule has 0 radical (unpaired) electrons. The van der Waals surface area contributed by atoms with Crippen molar-refractivity contribution in [2.24, 2.45) is 0 Å². The highest BCUT2D eigenvalue weighted by Crippen LogP contribution is 2.51. The van der Waals surface area contributed by atoms with E-state index < -0.39 is 87.3 Å². The molecule has 1 saturated heterocycles. The van der Waals surface area contributed by atoms with Gasteiger partial charge in [-0.25, -0.2) is 12.8 Å². The summed E-state index contributed by atoms with van der Waals surface area (Å²) in [7, 11) is -4.70. The zero-order valence-electron chi connectivity index (χ0n) is 23.2. The third-order valence-electron chi connectivity index (χ3n) is 7.84. The van der Waals surface area contributed by atoms with E-state index in [0.717, 1.165) is 24.3 Å². The molecule has 2 aromatic carbocycles. The van der Waals surface area contributed by atoms with Gasteiger partial charge in [-0.3, -0.25) is 13.9 Å². The molecule has 4 rings (SSSR count). The summed E-state index contributed by atoms with van der Waals surface area (Å²) in [4.78, 5) is 26.1. The van der Waals surface area contributed by atoms with Gasteiger partial charge >= 0.3 is 12.4 Å². The number of nitrogens with zero attached hydrogens (tertiary/aromatic N) is 2. The summed E-state index contributed by atoms with van der Waals surface area (Å²) in [5.41, 5.74) is -9.01. The number of aliphatic hydroxyl groups excluding tert-OH is 1. The molecule has 2 amide bonds. The molecular weight excluding hydrogens is 643 g/mol. The second-order valence-electron chi connectivity index (χ2n) is 10.9. The lowest BCUT2D eigenvalue weighted by Gasteiger charge is -2.39. The Bertz CT molecular complexity index is 1540. The van der Waals surface area contributed by atoms with Gasteiger partial charge in [-0.15, -0.1) is 0 Å². The number of sulfonamides is 1. The van der Waals surface area contributed by atoms with Gasteiger partial charge in [0.15, 0.2) is 0 Å². The Morgan fingerprint density at radius 2 is 1.64 bits per heavy atom. The van der Waals surface area contributed by atoms with Crippen LogP contribution in [-0.2, 0) is 31.6 Å². The third kappa shape index (κ3) is 6.59. The zero-order valence-corrected chi connectivity index (χ0v) is 24.0. The molecule has 0 aliphatic carbocycles. The molecule has 0 spiro atoms. The maximum atomic E-state index is 13.7. The number of alkyl halides is 6. The quantitative estimate of drug-likeness (QED) is 0.315. The standard InChI is InChI=1S/C27H28F7N3O7S/c28-18-3-6-20(7-4-18)45(43,44)37-19(12-22(39)35-13-23(40)36-10-9-24(41,14-36)15-38)5-1-16-11-17(2-8-21(16)37)25(42,26(29,30)31)27(32,33)34/h2-4,6-8,11,19,38,41-42H,1,5,9-10,12-15H2,(H,35,39)/t19-,24?/m0/s1. The second-order valence-corrected chi connectivity index (χ2v) is 12.7. The summed E-state index contributed by atoms with van der Waals surface area (Å²) >= 11 is 0. The maximum absolute atomic E-state index is 13.7. The number of benzene rings is 2. The van der Waals surface area contributed by atoms with Crippen LogP contribution >= 0.6 is 0 Å². The number of nitrogens with one attached hydrogen (secondary N) is 1. The van der Waals surface area contributed by atoms with E-state index in [1.54, 1.807) is 0 Å². The number of rotatable bonds is 8. The lowest BCUT2D eigenvalue weighted by atomic mass is 9.87. The number of halogens is 7. The molecule has 248 valence electrons. The van der Waals surface area contributed by atoms with Gasteiger partial charge in [-0.05, 0) is 55.2 Å². The zero-order chi connectivity index (χ0) is 33.6. The van der Waals surface area contributed by atoms with Crippen LogP contribution in [0.25, 0.3) is 0 Å². The first-order valence-electron chi connectivity index (χ1n) is 13.4. The second kappa shape index (κ2) is 12.0. The SMILES string of the molecule is O=C(C[C@@H]1CCc2cc(C(O)(C(F)(F)F)C(F)(F)F)ccc2N1S(=O)(=O)c1ccc(F)cc1)NCC(=O)N1CCC(O)(CO)C1. The fourth-order valence-corrected chi connectivity index (χ4v) is 7.07. The molecule has 0 bridgehead atoms. The van der Waals surface area contributed by atoms with Gasteiger partial charge in [0.1, 0.15) is 11.4 Å². The van der Waals surface area contributed by atoms with E-state index in [4.69, 9.17) is 0 Å². The molecule has 10 nitrogen and oxygen atoms in total. The lowest BCUT2D eigenvalue weighted by molar-refractivity contribution is -0.376. The number of likely N-dealkylation sites (tertiary alicyclic amines) is 1. The van der Waals surface area contributed by atoms with E-state index in [0.29, 0.717) is 16.4 Å². The number of anilines is 1. The molecule has 1 unspecified atom stereocenters. The van der Waals surface area contributed by atoms with E-state index in [9.17, 15) is 64.1 Å². The van der Waals surface area contributed by atoms with Crippen LogP contribution < -0.4 is 9.62 Å². The Labute approximate surface area is 252 Å². The molecule has 2 aromatic rings. The number of carbonyl (C=O) groups excluding carboxylic acids is 2. The maximum Gasteiger partial charge on any atom is 0.430 e. The summed E-state index contributed by atoms with van der Waals surface area (Å²) in [6.45, 7) is -1.21. The van der Waals surface area contributed by atoms with Crippen molar-refractivity contribution >= 4 is 27.5 Å². The minimum Gasteiger partial charge on any atom is -0.393 e. The van der Waals surface area contributed by atoms with Crippen molar-refractivity contribution in [3.63, 3.8) is 0 Å². The molecular formula is C27H28F7N3O7S. The summed E-state index contributed by atoms with van der Waals surface area (Å²) in [6.07, 6.45) is -13.4. The molecule has 2 atom stereocenters. The first-order chi connectivity index (χ1) is 20.7. The molecule has 0 saturated carbocycles. The minimum absolute atomic E-state index is 0.103. The number of fused-ring (bicyclic) bond motifs is 1. The van der Waals surface area contributed by atoms with Gasteiger partial charge < -0.3 is 25.5 Å². The first kappa shape index (κ1) is 34.4. The van der Waals surface area contributed by atoms with E-state index in [1.807, 2.05) is 0 Å². The van der Waals surface area contributed by atoms with E-state index in [1.165, 1.54) is 4.90 Å². The Hall–Kier alpha value is -3.48. The summed E-state index contributed by atoms with van der Waals surface area (Å²) < 4.78 is 123. The number of aliphatic hydroxyl groups is 3. The number of amides is 2. The molecule has 2 aliphatic rings. The normalized spacial score (nSPS) is 21.1. The largest absolute Gasteiger partial charge is 0.430 e. The van der Waals surface area contributed by atoms with Crippen molar-refractivity contribution in [1.82, 2.24) is 10.2 Å². The predicted molar refractivity (Wildman–Crippen MR) is 141 cm³/mol. The van der Waals surface area contributed by atoms with Crippen molar-refractivity contribution in [3.8, 4) is 0 Å². The van der Waals surface area contributed by atoms with Crippen LogP contribution in [0.15, 0.2) is 47.4 Å². The first-order valence-corrected chi connectivity index (χ1v) is 14.8. The smallest absolute Gasteiger partial charge is 0.393 e. The number of hydrogen-bond acceptors (Lipinski definition) is 7. The van der Waals surface area contributed by atoms with E-state index >= 15 is 0 Å². The lowest BCUT2D eigenvalue weighted by Crippen LogP contribution is -2.54. The van der Waals surface area contributed by atoms with E-state index in [-0.39, 0.29) is 49.7 Å². The van der Waals surface area contributed by atoms with Gasteiger partial charge in [0, 0.05) is 18.5 Å². The van der Waals surface area contributed by atoms with Crippen molar-refractivity contribution in [3.05, 3.63) is 59.4 Å². The molecule has 4 N–H and O–H groups in total. The van der Waals surface area contributed by atoms with Crippen molar-refractivity contribution < 1.29 is 64.1 Å². The predicted octanol–water partition coefficient (Wildman–Crippen LogP) is 2.11. The topological polar surface area (TPSA) is 147 Å². The summed E-state index contributed by atoms with van der Waals surface area (Å²) in [5.74, 6) is -2.23. The molecule has 2 aliphatic heterocycles. The van der Waals surface area contributed by atoms with Crippen LogP contribution in [0.2, 0.25) is 0 Å². The van der Waals surface area contributed by atoms with Crippen LogP contribution in [0.3, 0.4) is 0 Å². The van der Waals surface area contributed by atoms with Crippen LogP contribution in [0.4, 0.5) is 36.4 Å². The highest BCUT2D eigenvalue weighted by Gasteiger charge is 2.71. The average Bonchev–Trinajstić information content (AvgIpc) is 3.36. The van der Waals surface area contributed by atoms with Gasteiger partial charge in [-0.1, -0.05) is 12.1 Å². The van der Waals surface area contributed by atoms with Crippen molar-refractivity contribution in [2.45, 2.75) is 60.2 Å². The summed E-state index contributed by atoms with van der Waals surface area (Å²) in [6, 6.07) is 3.52. The monoisotopic (exact) mass is 671 g/mol. The number of aryl methyl sites for hydroxylation is 1. The molecule has 0 aromatic heterocycles.